The van der Waals surface area contributed by atoms with Gasteiger partial charge in [0, 0.05) is 19.6 Å². The molecule has 0 aromatic heterocycles. The molecule has 0 aromatic carbocycles. The molecule has 0 radical (unpaired) electrons. The van der Waals surface area contributed by atoms with Crippen molar-refractivity contribution in [3.05, 3.63) is 0 Å². The molecule has 0 bridgehead atoms. The molecule has 138 valence electrons. The number of halogens is 1. The van der Waals surface area contributed by atoms with Crippen LogP contribution in [0, 0.1) is 10.8 Å². The Hall–Kier alpha value is -0.530. The first-order valence-electron chi connectivity index (χ1n) is 8.46. The molecule has 0 rings (SSSR count). The SMILES string of the molecule is CCCCCC(C)(C)CN=C(NCC)NCC(C)(C)C(N)=O.I. The summed E-state index contributed by atoms with van der Waals surface area (Å²) < 4.78 is 0. The highest BCUT2D eigenvalue weighted by Gasteiger charge is 2.25. The van der Waals surface area contributed by atoms with E-state index in [1.807, 2.05) is 20.8 Å². The van der Waals surface area contributed by atoms with E-state index in [1.165, 1.54) is 25.7 Å². The minimum absolute atomic E-state index is 0. The number of nitrogens with one attached hydrogen (secondary N) is 2. The normalized spacial score (nSPS) is 12.5. The third-order valence-corrected chi connectivity index (χ3v) is 3.83. The van der Waals surface area contributed by atoms with Gasteiger partial charge in [-0.25, -0.2) is 0 Å². The highest BCUT2D eigenvalue weighted by molar-refractivity contribution is 14.0. The van der Waals surface area contributed by atoms with E-state index >= 15 is 0 Å². The number of unbranched alkanes of at least 4 members (excludes halogenated alkanes) is 2. The summed E-state index contributed by atoms with van der Waals surface area (Å²) >= 11 is 0. The Morgan fingerprint density at radius 1 is 1.09 bits per heavy atom. The molecule has 23 heavy (non-hydrogen) atoms. The van der Waals surface area contributed by atoms with Gasteiger partial charge in [-0.15, -0.1) is 24.0 Å². The van der Waals surface area contributed by atoms with Crippen molar-refractivity contribution in [2.24, 2.45) is 21.6 Å². The van der Waals surface area contributed by atoms with Crippen molar-refractivity contribution in [1.29, 1.82) is 0 Å². The molecule has 0 spiro atoms. The molecule has 0 unspecified atom stereocenters. The van der Waals surface area contributed by atoms with Crippen molar-refractivity contribution in [2.75, 3.05) is 19.6 Å². The summed E-state index contributed by atoms with van der Waals surface area (Å²) in [6.45, 7) is 14.5. The largest absolute Gasteiger partial charge is 0.369 e. The van der Waals surface area contributed by atoms with Crippen LogP contribution < -0.4 is 16.4 Å². The van der Waals surface area contributed by atoms with E-state index in [4.69, 9.17) is 5.73 Å². The zero-order chi connectivity index (χ0) is 17.2. The molecule has 0 saturated carbocycles. The Bertz CT molecular complexity index is 368. The van der Waals surface area contributed by atoms with Gasteiger partial charge < -0.3 is 16.4 Å². The maximum absolute atomic E-state index is 11.4. The van der Waals surface area contributed by atoms with Crippen molar-refractivity contribution in [2.45, 2.75) is 67.2 Å². The number of hydrogen-bond acceptors (Lipinski definition) is 2. The average Bonchev–Trinajstić information content (AvgIpc) is 2.42. The maximum Gasteiger partial charge on any atom is 0.224 e. The van der Waals surface area contributed by atoms with Crippen molar-refractivity contribution >= 4 is 35.8 Å². The number of primary amides is 1. The molecule has 1 amide bonds. The molecule has 0 atom stereocenters. The summed E-state index contributed by atoms with van der Waals surface area (Å²) in [6.07, 6.45) is 4.94. The van der Waals surface area contributed by atoms with Gasteiger partial charge in [0.05, 0.1) is 5.41 Å². The van der Waals surface area contributed by atoms with Crippen molar-refractivity contribution < 1.29 is 4.79 Å². The van der Waals surface area contributed by atoms with Gasteiger partial charge >= 0.3 is 0 Å². The molecule has 0 fully saturated rings. The number of guanidine groups is 1. The first-order valence-corrected chi connectivity index (χ1v) is 8.46. The maximum atomic E-state index is 11.4. The van der Waals surface area contributed by atoms with Crippen LogP contribution in [0.4, 0.5) is 0 Å². The van der Waals surface area contributed by atoms with Crippen LogP contribution in [0.3, 0.4) is 0 Å². The van der Waals surface area contributed by atoms with Crippen LogP contribution in [0.5, 0.6) is 0 Å². The van der Waals surface area contributed by atoms with Crippen LogP contribution in [0.1, 0.15) is 67.2 Å². The van der Waals surface area contributed by atoms with Crippen LogP contribution in [0.25, 0.3) is 0 Å². The number of nitrogens with zero attached hydrogens (tertiary/aromatic N) is 1. The van der Waals surface area contributed by atoms with E-state index in [0.29, 0.717) is 6.54 Å². The van der Waals surface area contributed by atoms with Crippen LogP contribution in [0.15, 0.2) is 4.99 Å². The Morgan fingerprint density at radius 3 is 2.17 bits per heavy atom. The van der Waals surface area contributed by atoms with E-state index in [0.717, 1.165) is 19.0 Å². The molecule has 0 aliphatic rings. The van der Waals surface area contributed by atoms with Crippen molar-refractivity contribution in [3.63, 3.8) is 0 Å². The third kappa shape index (κ3) is 11.6. The number of rotatable bonds is 10. The van der Waals surface area contributed by atoms with E-state index in [1.54, 1.807) is 0 Å². The lowest BCUT2D eigenvalue weighted by molar-refractivity contribution is -0.125. The van der Waals surface area contributed by atoms with E-state index < -0.39 is 5.41 Å². The summed E-state index contributed by atoms with van der Waals surface area (Å²) in [4.78, 5) is 16.0. The lowest BCUT2D eigenvalue weighted by Gasteiger charge is -2.25. The number of nitrogens with two attached hydrogens (primary N) is 1. The van der Waals surface area contributed by atoms with Crippen LogP contribution in [-0.4, -0.2) is 31.5 Å². The topological polar surface area (TPSA) is 79.5 Å². The quantitative estimate of drug-likeness (QED) is 0.211. The zero-order valence-corrected chi connectivity index (χ0v) is 18.1. The summed E-state index contributed by atoms with van der Waals surface area (Å²) in [7, 11) is 0. The predicted octanol–water partition coefficient (Wildman–Crippen LogP) is 3.28. The molecule has 0 aliphatic heterocycles. The zero-order valence-electron chi connectivity index (χ0n) is 15.8. The lowest BCUT2D eigenvalue weighted by Crippen LogP contribution is -2.46. The summed E-state index contributed by atoms with van der Waals surface area (Å²) in [5.74, 6) is 0.441. The Labute approximate surface area is 159 Å². The van der Waals surface area contributed by atoms with Gasteiger partial charge in [-0.05, 0) is 32.6 Å². The van der Waals surface area contributed by atoms with E-state index in [9.17, 15) is 4.79 Å². The number of amides is 1. The van der Waals surface area contributed by atoms with Gasteiger partial charge in [0.15, 0.2) is 5.96 Å². The molecule has 0 saturated heterocycles. The second-order valence-corrected chi connectivity index (χ2v) is 7.42. The second kappa shape index (κ2) is 11.9. The smallest absolute Gasteiger partial charge is 0.224 e. The highest BCUT2D eigenvalue weighted by atomic mass is 127. The average molecular weight is 440 g/mol. The molecular formula is C17H37IN4O. The minimum atomic E-state index is -0.590. The number of aliphatic imine (C=N–C) groups is 1. The summed E-state index contributed by atoms with van der Waals surface area (Å²) in [5, 5.41) is 6.44. The fraction of sp³-hybridized carbons (Fsp3) is 0.882. The monoisotopic (exact) mass is 440 g/mol. The van der Waals surface area contributed by atoms with E-state index in [-0.39, 0.29) is 35.3 Å². The standard InChI is InChI=1S/C17H36N4O.HI/c1-7-9-10-11-16(3,4)12-20-15(19-8-2)21-13-17(5,6)14(18)22;/h7-13H2,1-6H3,(H2,18,22)(H2,19,20,21);1H. The summed E-state index contributed by atoms with van der Waals surface area (Å²) in [6, 6.07) is 0. The first kappa shape index (κ1) is 24.7. The fourth-order valence-corrected chi connectivity index (χ4v) is 1.96. The molecule has 6 heteroatoms. The number of hydrogen-bond donors (Lipinski definition) is 3. The molecule has 0 aromatic rings. The Kier molecular flexibility index (Phi) is 12.8. The number of carbonyl (C=O) groups excluding carboxylic acids is 1. The second-order valence-electron chi connectivity index (χ2n) is 7.42. The molecule has 5 nitrogen and oxygen atoms in total. The van der Waals surface area contributed by atoms with Gasteiger partial charge in [0.2, 0.25) is 5.91 Å². The first-order chi connectivity index (χ1) is 10.1. The van der Waals surface area contributed by atoms with Gasteiger partial charge in [0.1, 0.15) is 0 Å². The minimum Gasteiger partial charge on any atom is -0.369 e. The van der Waals surface area contributed by atoms with Crippen LogP contribution >= 0.6 is 24.0 Å². The van der Waals surface area contributed by atoms with Crippen LogP contribution in [-0.2, 0) is 4.79 Å². The predicted molar refractivity (Wildman–Crippen MR) is 110 cm³/mol. The van der Waals surface area contributed by atoms with Crippen LogP contribution in [0.2, 0.25) is 0 Å². The van der Waals surface area contributed by atoms with Crippen molar-refractivity contribution in [3.8, 4) is 0 Å². The Morgan fingerprint density at radius 2 is 1.70 bits per heavy atom. The third-order valence-electron chi connectivity index (χ3n) is 3.83. The lowest BCUT2D eigenvalue weighted by atomic mass is 9.87. The molecule has 4 N–H and O–H groups in total. The Balaban J connectivity index is 0. The van der Waals surface area contributed by atoms with Gasteiger partial charge in [-0.1, -0.05) is 40.0 Å². The van der Waals surface area contributed by atoms with Gasteiger partial charge in [-0.3, -0.25) is 9.79 Å². The van der Waals surface area contributed by atoms with E-state index in [2.05, 4.69) is 36.4 Å². The molecule has 0 aliphatic carbocycles. The van der Waals surface area contributed by atoms with Gasteiger partial charge in [-0.2, -0.15) is 0 Å². The number of carbonyl (C=O) groups is 1. The van der Waals surface area contributed by atoms with Crippen molar-refractivity contribution in [1.82, 2.24) is 10.6 Å². The fourth-order valence-electron chi connectivity index (χ4n) is 1.96. The summed E-state index contributed by atoms with van der Waals surface area (Å²) in [5.41, 5.74) is 5.00. The van der Waals surface area contributed by atoms with Gasteiger partial charge in [0.25, 0.3) is 0 Å². The molecular weight excluding hydrogens is 403 g/mol. The highest BCUT2D eigenvalue weighted by Crippen LogP contribution is 2.24. The molecule has 0 heterocycles.